The van der Waals surface area contributed by atoms with Gasteiger partial charge in [0, 0.05) is 30.5 Å². The smallest absolute Gasteiger partial charge is 0.251 e. The van der Waals surface area contributed by atoms with Gasteiger partial charge in [-0.2, -0.15) is 0 Å². The molecule has 0 aliphatic rings. The average Bonchev–Trinajstić information content (AvgIpc) is 2.93. The molecule has 100 valence electrons. The first-order valence-electron chi connectivity index (χ1n) is 5.96. The van der Waals surface area contributed by atoms with Gasteiger partial charge in [-0.3, -0.25) is 9.78 Å². The fraction of sp³-hybridized carbons (Fsp3) is 0.0714. The van der Waals surface area contributed by atoms with E-state index in [2.05, 4.69) is 4.98 Å². The van der Waals surface area contributed by atoms with Gasteiger partial charge in [0.2, 0.25) is 0 Å². The highest BCUT2D eigenvalue weighted by molar-refractivity contribution is 7.71. The van der Waals surface area contributed by atoms with E-state index in [1.807, 2.05) is 28.1 Å². The van der Waals surface area contributed by atoms with Crippen molar-refractivity contribution in [1.29, 1.82) is 0 Å². The first-order chi connectivity index (χ1) is 9.66. The van der Waals surface area contributed by atoms with Crippen LogP contribution in [0.3, 0.4) is 0 Å². The molecule has 0 aliphatic heterocycles. The fourth-order valence-corrected chi connectivity index (χ4v) is 3.36. The number of hydrogen-bond donors (Lipinski definition) is 1. The van der Waals surface area contributed by atoms with E-state index in [9.17, 15) is 4.79 Å². The summed E-state index contributed by atoms with van der Waals surface area (Å²) in [6.07, 6.45) is 5.27. The molecule has 0 bridgehead atoms. The Labute approximate surface area is 124 Å². The van der Waals surface area contributed by atoms with E-state index in [1.165, 1.54) is 0 Å². The van der Waals surface area contributed by atoms with Gasteiger partial charge in [-0.25, -0.2) is 0 Å². The normalized spacial score (nSPS) is 10.8. The summed E-state index contributed by atoms with van der Waals surface area (Å²) in [6.45, 7) is 0.626. The lowest BCUT2D eigenvalue weighted by molar-refractivity contribution is 0.0999. The molecule has 2 N–H and O–H groups in total. The topological polar surface area (TPSA) is 60.9 Å². The molecular weight excluding hydrogens is 290 g/mol. The monoisotopic (exact) mass is 301 g/mol. The van der Waals surface area contributed by atoms with Gasteiger partial charge in [-0.1, -0.05) is 18.3 Å². The molecule has 3 aromatic heterocycles. The van der Waals surface area contributed by atoms with Gasteiger partial charge in [0.1, 0.15) is 4.83 Å². The number of nitrogens with zero attached hydrogens (tertiary/aromatic N) is 2. The number of aromatic nitrogens is 2. The molecule has 0 aromatic carbocycles. The third-order valence-electron chi connectivity index (χ3n) is 3.02. The maximum absolute atomic E-state index is 11.5. The summed E-state index contributed by atoms with van der Waals surface area (Å²) in [4.78, 5) is 16.7. The summed E-state index contributed by atoms with van der Waals surface area (Å²) < 4.78 is 2.52. The van der Waals surface area contributed by atoms with Gasteiger partial charge in [0.15, 0.2) is 0 Å². The molecule has 0 radical (unpaired) electrons. The summed E-state index contributed by atoms with van der Waals surface area (Å²) in [5.41, 5.74) is 6.85. The molecule has 6 heteroatoms. The zero-order chi connectivity index (χ0) is 14.1. The third kappa shape index (κ3) is 2.23. The van der Waals surface area contributed by atoms with Crippen LogP contribution in [-0.4, -0.2) is 15.5 Å². The average molecular weight is 301 g/mol. The van der Waals surface area contributed by atoms with Gasteiger partial charge in [0.25, 0.3) is 5.91 Å². The third-order valence-corrected chi connectivity index (χ3v) is 4.41. The fourth-order valence-electron chi connectivity index (χ4n) is 2.10. The first-order valence-corrected chi connectivity index (χ1v) is 7.25. The molecule has 3 aromatic rings. The zero-order valence-electron chi connectivity index (χ0n) is 10.4. The summed E-state index contributed by atoms with van der Waals surface area (Å²) >= 11 is 6.92. The Balaban J connectivity index is 2.20. The summed E-state index contributed by atoms with van der Waals surface area (Å²) in [6, 6.07) is 5.80. The molecule has 0 aliphatic carbocycles. The highest BCUT2D eigenvalue weighted by Gasteiger charge is 2.11. The summed E-state index contributed by atoms with van der Waals surface area (Å²) in [7, 11) is 0. The van der Waals surface area contributed by atoms with Crippen LogP contribution in [0.4, 0.5) is 0 Å². The quantitative estimate of drug-likeness (QED) is 0.757. The van der Waals surface area contributed by atoms with Crippen molar-refractivity contribution in [1.82, 2.24) is 9.55 Å². The lowest BCUT2D eigenvalue weighted by Gasteiger charge is -2.10. The minimum atomic E-state index is -0.497. The number of carbonyl (C=O) groups is 1. The SMILES string of the molecule is NC(=O)c1cn(Cc2cccnc2)c2sccc2c1=S. The van der Waals surface area contributed by atoms with Crippen molar-refractivity contribution in [3.05, 3.63) is 57.8 Å². The molecular formula is C14H11N3OS2. The van der Waals surface area contributed by atoms with Gasteiger partial charge in [-0.15, -0.1) is 11.3 Å². The van der Waals surface area contributed by atoms with E-state index < -0.39 is 5.91 Å². The molecule has 3 rings (SSSR count). The number of carbonyl (C=O) groups excluding carboxylic acids is 1. The van der Waals surface area contributed by atoms with Crippen LogP contribution in [0, 0.1) is 4.51 Å². The summed E-state index contributed by atoms with van der Waals surface area (Å²) in [5.74, 6) is -0.497. The highest BCUT2D eigenvalue weighted by atomic mass is 32.1. The lowest BCUT2D eigenvalue weighted by Crippen LogP contribution is -2.14. The van der Waals surface area contributed by atoms with Gasteiger partial charge >= 0.3 is 0 Å². The number of hydrogen-bond acceptors (Lipinski definition) is 4. The number of primary amides is 1. The number of nitrogens with two attached hydrogens (primary N) is 1. The molecule has 0 spiro atoms. The van der Waals surface area contributed by atoms with Crippen molar-refractivity contribution in [2.75, 3.05) is 0 Å². The molecule has 0 saturated heterocycles. The van der Waals surface area contributed by atoms with Crippen LogP contribution in [-0.2, 0) is 6.54 Å². The molecule has 0 saturated carbocycles. The van der Waals surface area contributed by atoms with Gasteiger partial charge in [-0.05, 0) is 23.1 Å². The van der Waals surface area contributed by atoms with Crippen molar-refractivity contribution in [2.24, 2.45) is 5.73 Å². The van der Waals surface area contributed by atoms with Crippen molar-refractivity contribution in [2.45, 2.75) is 6.54 Å². The lowest BCUT2D eigenvalue weighted by atomic mass is 10.2. The first kappa shape index (κ1) is 13.0. The Morgan fingerprint density at radius 1 is 1.45 bits per heavy atom. The maximum atomic E-state index is 11.5. The van der Waals surface area contributed by atoms with Crippen molar-refractivity contribution < 1.29 is 4.79 Å². The molecule has 3 heterocycles. The second-order valence-corrected chi connectivity index (χ2v) is 5.67. The van der Waals surface area contributed by atoms with Crippen LogP contribution in [0.1, 0.15) is 15.9 Å². The number of thiophene rings is 1. The van der Waals surface area contributed by atoms with Crippen LogP contribution in [0.15, 0.2) is 42.2 Å². The van der Waals surface area contributed by atoms with Gasteiger partial charge < -0.3 is 10.3 Å². The van der Waals surface area contributed by atoms with Crippen molar-refractivity contribution in [3.8, 4) is 0 Å². The largest absolute Gasteiger partial charge is 0.366 e. The molecule has 4 nitrogen and oxygen atoms in total. The highest BCUT2D eigenvalue weighted by Crippen LogP contribution is 2.25. The van der Waals surface area contributed by atoms with Crippen LogP contribution < -0.4 is 5.73 Å². The number of amides is 1. The second-order valence-electron chi connectivity index (χ2n) is 4.36. The van der Waals surface area contributed by atoms with Crippen LogP contribution in [0.25, 0.3) is 10.2 Å². The molecule has 20 heavy (non-hydrogen) atoms. The molecule has 0 unspecified atom stereocenters. The minimum absolute atomic E-state index is 0.384. The van der Waals surface area contributed by atoms with Crippen LogP contribution in [0.5, 0.6) is 0 Å². The summed E-state index contributed by atoms with van der Waals surface area (Å²) in [5, 5.41) is 2.86. The van der Waals surface area contributed by atoms with Crippen molar-refractivity contribution in [3.63, 3.8) is 0 Å². The van der Waals surface area contributed by atoms with E-state index in [4.69, 9.17) is 18.0 Å². The van der Waals surface area contributed by atoms with E-state index >= 15 is 0 Å². The number of rotatable bonds is 3. The Morgan fingerprint density at radius 3 is 3.00 bits per heavy atom. The van der Waals surface area contributed by atoms with Crippen LogP contribution in [0.2, 0.25) is 0 Å². The van der Waals surface area contributed by atoms with E-state index in [-0.39, 0.29) is 0 Å². The Morgan fingerprint density at radius 2 is 2.30 bits per heavy atom. The standard InChI is InChI=1S/C14H11N3OS2/c15-13(18)11-8-17(7-9-2-1-4-16-6-9)14-10(12(11)19)3-5-20-14/h1-6,8H,7H2,(H2,15,18). The Hall–Kier alpha value is -2.05. The predicted octanol–water partition coefficient (Wildman–Crippen LogP) is 2.97. The van der Waals surface area contributed by atoms with E-state index in [1.54, 1.807) is 29.9 Å². The molecule has 0 fully saturated rings. The Bertz CT molecular complexity index is 836. The molecule has 1 amide bonds. The minimum Gasteiger partial charge on any atom is -0.366 e. The molecule has 0 atom stereocenters. The van der Waals surface area contributed by atoms with E-state index in [0.29, 0.717) is 16.6 Å². The van der Waals surface area contributed by atoms with Gasteiger partial charge in [0.05, 0.1) is 10.1 Å². The Kier molecular flexibility index (Phi) is 3.33. The number of pyridine rings is 2. The maximum Gasteiger partial charge on any atom is 0.251 e. The zero-order valence-corrected chi connectivity index (χ0v) is 12.1. The second kappa shape index (κ2) is 5.15. The van der Waals surface area contributed by atoms with Crippen molar-refractivity contribution >= 4 is 39.7 Å². The number of fused-ring (bicyclic) bond motifs is 1. The van der Waals surface area contributed by atoms with Crippen LogP contribution >= 0.6 is 23.6 Å². The predicted molar refractivity (Wildman–Crippen MR) is 82.5 cm³/mol. The van der Waals surface area contributed by atoms with E-state index in [0.717, 1.165) is 15.8 Å².